The monoisotopic (exact) mass is 394 g/mol. The van der Waals surface area contributed by atoms with Gasteiger partial charge in [0.05, 0.1) is 24.0 Å². The second-order valence-corrected chi connectivity index (χ2v) is 7.28. The van der Waals surface area contributed by atoms with E-state index in [1.807, 2.05) is 43.3 Å². The lowest BCUT2D eigenvalue weighted by molar-refractivity contribution is 0.202. The van der Waals surface area contributed by atoms with Crippen molar-refractivity contribution in [2.75, 3.05) is 19.6 Å². The van der Waals surface area contributed by atoms with Crippen molar-refractivity contribution in [1.29, 1.82) is 0 Å². The minimum Gasteiger partial charge on any atom is -0.468 e. The summed E-state index contributed by atoms with van der Waals surface area (Å²) in [5, 5.41) is 10.1. The molecule has 0 radical (unpaired) electrons. The number of carbonyl (C=O) groups excluding carboxylic acids is 1. The highest BCUT2D eigenvalue weighted by Crippen LogP contribution is 2.25. The molecule has 8 heteroatoms. The number of carbonyl (C=O) groups is 1. The van der Waals surface area contributed by atoms with E-state index < -0.39 is 0 Å². The molecule has 2 N–H and O–H groups in total. The molecule has 1 saturated heterocycles. The molecule has 3 aromatic rings. The summed E-state index contributed by atoms with van der Waals surface area (Å²) in [7, 11) is 0. The van der Waals surface area contributed by atoms with Gasteiger partial charge in [-0.15, -0.1) is 0 Å². The van der Waals surface area contributed by atoms with Gasteiger partial charge in [-0.2, -0.15) is 5.10 Å². The van der Waals surface area contributed by atoms with Gasteiger partial charge in [0.2, 0.25) is 0 Å². The summed E-state index contributed by atoms with van der Waals surface area (Å²) in [6.07, 6.45) is 7.21. The molecule has 1 fully saturated rings. The number of urea groups is 1. The summed E-state index contributed by atoms with van der Waals surface area (Å²) in [5.41, 5.74) is 1.95. The van der Waals surface area contributed by atoms with Gasteiger partial charge >= 0.3 is 6.03 Å². The van der Waals surface area contributed by atoms with Crippen LogP contribution in [0.5, 0.6) is 0 Å². The van der Waals surface area contributed by atoms with E-state index >= 15 is 0 Å². The zero-order chi connectivity index (χ0) is 20.1. The average Bonchev–Trinajstić information content (AvgIpc) is 3.51. The minimum atomic E-state index is -0.186. The number of furan rings is 1. The Morgan fingerprint density at radius 1 is 1.21 bits per heavy atom. The molecule has 4 rings (SSSR count). The normalized spacial score (nSPS) is 16.4. The zero-order valence-corrected chi connectivity index (χ0v) is 16.5. The number of nitrogens with zero attached hydrogens (tertiary/aromatic N) is 4. The van der Waals surface area contributed by atoms with Crippen molar-refractivity contribution in [1.82, 2.24) is 30.3 Å². The zero-order valence-electron chi connectivity index (χ0n) is 16.5. The van der Waals surface area contributed by atoms with Crippen LogP contribution in [0, 0.1) is 0 Å². The number of benzene rings is 1. The highest BCUT2D eigenvalue weighted by atomic mass is 16.3. The SMILES string of the molecule is CC(NC(=O)NCC(c1ccco1)N1CCCC1)c1ccc(-n2cncn2)cc1. The number of likely N-dealkylation sites (tertiary alicyclic amines) is 1. The van der Waals surface area contributed by atoms with E-state index in [2.05, 4.69) is 25.6 Å². The van der Waals surface area contributed by atoms with Crippen LogP contribution in [0.2, 0.25) is 0 Å². The summed E-state index contributed by atoms with van der Waals surface area (Å²) in [6, 6.07) is 11.5. The first-order chi connectivity index (χ1) is 14.2. The molecule has 1 aliphatic heterocycles. The third-order valence-electron chi connectivity index (χ3n) is 5.33. The molecular weight excluding hydrogens is 368 g/mol. The first-order valence-electron chi connectivity index (χ1n) is 9.97. The molecule has 2 atom stereocenters. The number of amides is 2. The number of aromatic nitrogens is 3. The highest BCUT2D eigenvalue weighted by Gasteiger charge is 2.26. The summed E-state index contributed by atoms with van der Waals surface area (Å²) < 4.78 is 7.30. The molecule has 152 valence electrons. The van der Waals surface area contributed by atoms with Crippen LogP contribution in [0.4, 0.5) is 4.79 Å². The Morgan fingerprint density at radius 2 is 2.00 bits per heavy atom. The third kappa shape index (κ3) is 4.65. The Bertz CT molecular complexity index is 886. The number of hydrogen-bond acceptors (Lipinski definition) is 5. The van der Waals surface area contributed by atoms with Crippen molar-refractivity contribution < 1.29 is 9.21 Å². The van der Waals surface area contributed by atoms with E-state index in [4.69, 9.17) is 4.42 Å². The maximum atomic E-state index is 12.5. The maximum absolute atomic E-state index is 12.5. The van der Waals surface area contributed by atoms with Crippen LogP contribution in [0.15, 0.2) is 59.7 Å². The smallest absolute Gasteiger partial charge is 0.315 e. The van der Waals surface area contributed by atoms with E-state index in [0.29, 0.717) is 6.54 Å². The predicted molar refractivity (Wildman–Crippen MR) is 109 cm³/mol. The molecule has 2 aromatic heterocycles. The van der Waals surface area contributed by atoms with Gasteiger partial charge in [-0.3, -0.25) is 4.90 Å². The van der Waals surface area contributed by atoms with Gasteiger partial charge in [0.15, 0.2) is 0 Å². The number of nitrogens with one attached hydrogen (secondary N) is 2. The second kappa shape index (κ2) is 8.91. The Balaban J connectivity index is 1.32. The fourth-order valence-electron chi connectivity index (χ4n) is 3.72. The molecule has 0 saturated carbocycles. The summed E-state index contributed by atoms with van der Waals surface area (Å²) in [6.45, 7) is 4.54. The van der Waals surface area contributed by atoms with Gasteiger partial charge in [-0.25, -0.2) is 14.5 Å². The molecule has 2 unspecified atom stereocenters. The fraction of sp³-hybridized carbons (Fsp3) is 0.381. The lowest BCUT2D eigenvalue weighted by atomic mass is 10.1. The number of hydrogen-bond donors (Lipinski definition) is 2. The molecule has 3 heterocycles. The van der Waals surface area contributed by atoms with Crippen LogP contribution in [0.25, 0.3) is 5.69 Å². The largest absolute Gasteiger partial charge is 0.468 e. The van der Waals surface area contributed by atoms with Gasteiger partial charge in [0.25, 0.3) is 0 Å². The maximum Gasteiger partial charge on any atom is 0.315 e. The van der Waals surface area contributed by atoms with Crippen LogP contribution in [0.3, 0.4) is 0 Å². The van der Waals surface area contributed by atoms with Crippen molar-refractivity contribution >= 4 is 6.03 Å². The molecule has 0 bridgehead atoms. The van der Waals surface area contributed by atoms with Crippen LogP contribution in [-0.2, 0) is 0 Å². The van der Waals surface area contributed by atoms with Crippen LogP contribution >= 0.6 is 0 Å². The van der Waals surface area contributed by atoms with Crippen LogP contribution in [-0.4, -0.2) is 45.3 Å². The first-order valence-corrected chi connectivity index (χ1v) is 9.97. The average molecular weight is 394 g/mol. The van der Waals surface area contributed by atoms with Gasteiger partial charge in [-0.05, 0) is 62.7 Å². The predicted octanol–water partition coefficient (Wildman–Crippen LogP) is 3.06. The van der Waals surface area contributed by atoms with E-state index in [1.54, 1.807) is 17.3 Å². The van der Waals surface area contributed by atoms with Crippen LogP contribution in [0.1, 0.15) is 43.2 Å². The molecule has 2 amide bonds. The Hall–Kier alpha value is -3.13. The highest BCUT2D eigenvalue weighted by molar-refractivity contribution is 5.74. The molecule has 0 spiro atoms. The van der Waals surface area contributed by atoms with Crippen molar-refractivity contribution in [2.24, 2.45) is 0 Å². The van der Waals surface area contributed by atoms with Crippen molar-refractivity contribution in [2.45, 2.75) is 31.8 Å². The van der Waals surface area contributed by atoms with Crippen LogP contribution < -0.4 is 10.6 Å². The Kier molecular flexibility index (Phi) is 5.90. The summed E-state index contributed by atoms with van der Waals surface area (Å²) in [5.74, 6) is 0.893. The molecular formula is C21H26N6O2. The van der Waals surface area contributed by atoms with Crippen molar-refractivity contribution in [3.8, 4) is 5.69 Å². The molecule has 8 nitrogen and oxygen atoms in total. The number of rotatable bonds is 7. The Morgan fingerprint density at radius 3 is 2.66 bits per heavy atom. The van der Waals surface area contributed by atoms with E-state index in [-0.39, 0.29) is 18.1 Å². The Labute approximate surface area is 169 Å². The van der Waals surface area contributed by atoms with Gasteiger partial charge in [-0.1, -0.05) is 12.1 Å². The van der Waals surface area contributed by atoms with Gasteiger partial charge in [0.1, 0.15) is 18.4 Å². The molecule has 1 aromatic carbocycles. The fourth-order valence-corrected chi connectivity index (χ4v) is 3.72. The van der Waals surface area contributed by atoms with E-state index in [0.717, 1.165) is 30.1 Å². The first kappa shape index (κ1) is 19.2. The molecule has 1 aliphatic rings. The topological polar surface area (TPSA) is 88.2 Å². The quantitative estimate of drug-likeness (QED) is 0.643. The van der Waals surface area contributed by atoms with Gasteiger partial charge < -0.3 is 15.1 Å². The van der Waals surface area contributed by atoms with Crippen molar-refractivity contribution in [3.05, 3.63) is 66.6 Å². The third-order valence-corrected chi connectivity index (χ3v) is 5.33. The summed E-state index contributed by atoms with van der Waals surface area (Å²) in [4.78, 5) is 18.8. The van der Waals surface area contributed by atoms with Gasteiger partial charge in [0, 0.05) is 6.54 Å². The van der Waals surface area contributed by atoms with E-state index in [1.165, 1.54) is 19.2 Å². The molecule has 29 heavy (non-hydrogen) atoms. The minimum absolute atomic E-state index is 0.0653. The van der Waals surface area contributed by atoms with E-state index in [9.17, 15) is 4.79 Å². The molecule has 0 aliphatic carbocycles. The lowest BCUT2D eigenvalue weighted by Crippen LogP contribution is -2.42. The summed E-state index contributed by atoms with van der Waals surface area (Å²) >= 11 is 0. The lowest BCUT2D eigenvalue weighted by Gasteiger charge is -2.26. The van der Waals surface area contributed by atoms with Crippen molar-refractivity contribution in [3.63, 3.8) is 0 Å². The second-order valence-electron chi connectivity index (χ2n) is 7.28. The standard InChI is InChI=1S/C21H26N6O2/c1-16(17-6-8-18(9-7-17)27-15-22-14-24-27)25-21(28)23-13-19(20-5-4-12-29-20)26-10-2-3-11-26/h4-9,12,14-16,19H,2-3,10-11,13H2,1H3,(H2,23,25,28).